The molecule has 2 N–H and O–H groups in total. The van der Waals surface area contributed by atoms with E-state index in [0.29, 0.717) is 12.8 Å². The number of aryl methyl sites for hydroxylation is 1. The van der Waals surface area contributed by atoms with Crippen molar-refractivity contribution in [3.8, 4) is 0 Å². The number of para-hydroxylation sites is 1. The summed E-state index contributed by atoms with van der Waals surface area (Å²) in [6.07, 6.45) is 3.41. The molecule has 0 spiro atoms. The maximum atomic E-state index is 11.5. The predicted molar refractivity (Wildman–Crippen MR) is 76.6 cm³/mol. The van der Waals surface area contributed by atoms with E-state index in [0.717, 1.165) is 16.5 Å². The monoisotopic (exact) mass is 274 g/mol. The van der Waals surface area contributed by atoms with Gasteiger partial charge in [0.05, 0.1) is 0 Å². The van der Waals surface area contributed by atoms with Crippen LogP contribution in [-0.2, 0) is 22.6 Å². The quantitative estimate of drug-likeness (QED) is 0.843. The molecule has 2 rings (SSSR count). The zero-order valence-electron chi connectivity index (χ0n) is 11.4. The molecule has 1 amide bonds. The summed E-state index contributed by atoms with van der Waals surface area (Å²) < 4.78 is 1.91. The second-order valence-corrected chi connectivity index (χ2v) is 4.72. The Balaban J connectivity index is 2.25. The van der Waals surface area contributed by atoms with Crippen LogP contribution in [-0.4, -0.2) is 28.6 Å². The topological polar surface area (TPSA) is 71.3 Å². The van der Waals surface area contributed by atoms with Crippen LogP contribution in [0.5, 0.6) is 0 Å². The van der Waals surface area contributed by atoms with Gasteiger partial charge in [-0.25, -0.2) is 0 Å². The number of hydrogen-bond donors (Lipinski definition) is 2. The third-order valence-electron chi connectivity index (χ3n) is 3.30. The molecule has 20 heavy (non-hydrogen) atoms. The van der Waals surface area contributed by atoms with Gasteiger partial charge in [-0.2, -0.15) is 0 Å². The number of aliphatic carboxylic acids is 1. The third-order valence-corrected chi connectivity index (χ3v) is 3.30. The molecule has 0 radical (unpaired) electrons. The first-order valence-corrected chi connectivity index (χ1v) is 6.61. The normalized spacial score (nSPS) is 10.7. The molecule has 5 heteroatoms. The van der Waals surface area contributed by atoms with Crippen LogP contribution >= 0.6 is 0 Å². The maximum Gasteiger partial charge on any atom is 0.303 e. The highest BCUT2D eigenvalue weighted by molar-refractivity contribution is 5.86. The van der Waals surface area contributed by atoms with Crippen molar-refractivity contribution < 1.29 is 14.7 Å². The summed E-state index contributed by atoms with van der Waals surface area (Å²) in [5.41, 5.74) is 2.09. The van der Waals surface area contributed by atoms with E-state index in [1.165, 1.54) is 0 Å². The Morgan fingerprint density at radius 3 is 2.75 bits per heavy atom. The lowest BCUT2D eigenvalue weighted by atomic mass is 10.1. The Hall–Kier alpha value is -2.30. The Labute approximate surface area is 117 Å². The fraction of sp³-hybridized carbons (Fsp3) is 0.333. The smallest absolute Gasteiger partial charge is 0.303 e. The van der Waals surface area contributed by atoms with Gasteiger partial charge in [0.15, 0.2) is 0 Å². The van der Waals surface area contributed by atoms with Crippen molar-refractivity contribution in [1.82, 2.24) is 9.88 Å². The van der Waals surface area contributed by atoms with Crippen molar-refractivity contribution in [2.24, 2.45) is 0 Å². The molecule has 0 aliphatic carbocycles. The van der Waals surface area contributed by atoms with E-state index in [9.17, 15) is 9.59 Å². The second kappa shape index (κ2) is 6.23. The number of carbonyl (C=O) groups excluding carboxylic acids is 1. The van der Waals surface area contributed by atoms with Gasteiger partial charge < -0.3 is 15.0 Å². The van der Waals surface area contributed by atoms with Crippen LogP contribution in [0.15, 0.2) is 30.5 Å². The summed E-state index contributed by atoms with van der Waals surface area (Å²) in [5, 5.41) is 12.4. The molecule has 1 aromatic heterocycles. The fourth-order valence-electron chi connectivity index (χ4n) is 2.32. The fourth-order valence-corrected chi connectivity index (χ4v) is 2.32. The number of hydrogen-bond acceptors (Lipinski definition) is 2. The minimum atomic E-state index is -0.779. The molecule has 0 atom stereocenters. The van der Waals surface area contributed by atoms with Gasteiger partial charge in [-0.3, -0.25) is 9.59 Å². The van der Waals surface area contributed by atoms with Gasteiger partial charge in [-0.15, -0.1) is 0 Å². The lowest BCUT2D eigenvalue weighted by molar-refractivity contribution is -0.137. The first-order valence-electron chi connectivity index (χ1n) is 6.61. The molecular formula is C15H18N2O3. The van der Waals surface area contributed by atoms with Gasteiger partial charge in [0.1, 0.15) is 6.54 Å². The molecule has 1 aromatic carbocycles. The lowest BCUT2D eigenvalue weighted by Gasteiger charge is -2.03. The summed E-state index contributed by atoms with van der Waals surface area (Å²) in [5.74, 6) is -0.832. The van der Waals surface area contributed by atoms with Crippen LogP contribution in [0, 0.1) is 0 Å². The summed E-state index contributed by atoms with van der Waals surface area (Å²) >= 11 is 0. The highest BCUT2D eigenvalue weighted by atomic mass is 16.4. The minimum Gasteiger partial charge on any atom is -0.481 e. The molecule has 0 aliphatic rings. The van der Waals surface area contributed by atoms with E-state index in [2.05, 4.69) is 5.32 Å². The molecule has 0 saturated carbocycles. The average molecular weight is 274 g/mol. The van der Waals surface area contributed by atoms with Gasteiger partial charge in [0.25, 0.3) is 0 Å². The van der Waals surface area contributed by atoms with Crippen LogP contribution in [0.4, 0.5) is 0 Å². The number of likely N-dealkylation sites (N-methyl/N-ethyl adjacent to an activating group) is 1. The van der Waals surface area contributed by atoms with Crippen molar-refractivity contribution in [1.29, 1.82) is 0 Å². The van der Waals surface area contributed by atoms with E-state index in [1.807, 2.05) is 35.0 Å². The highest BCUT2D eigenvalue weighted by Crippen LogP contribution is 2.22. The van der Waals surface area contributed by atoms with Crippen molar-refractivity contribution in [2.75, 3.05) is 7.05 Å². The lowest BCUT2D eigenvalue weighted by Crippen LogP contribution is -2.22. The molecule has 2 aromatic rings. The average Bonchev–Trinajstić information content (AvgIpc) is 2.77. The van der Waals surface area contributed by atoms with Gasteiger partial charge in [-0.05, 0) is 24.5 Å². The molecule has 106 valence electrons. The van der Waals surface area contributed by atoms with Crippen molar-refractivity contribution >= 4 is 22.8 Å². The Kier molecular flexibility index (Phi) is 4.40. The number of rotatable bonds is 6. The number of nitrogens with zero attached hydrogens (tertiary/aromatic N) is 1. The minimum absolute atomic E-state index is 0.0529. The van der Waals surface area contributed by atoms with E-state index in [-0.39, 0.29) is 18.9 Å². The van der Waals surface area contributed by atoms with Gasteiger partial charge >= 0.3 is 5.97 Å². The molecule has 0 saturated heterocycles. The van der Waals surface area contributed by atoms with E-state index in [4.69, 9.17) is 5.11 Å². The van der Waals surface area contributed by atoms with Gasteiger partial charge in [-0.1, -0.05) is 18.2 Å². The number of carboxylic acid groups (broad SMARTS) is 1. The molecule has 0 unspecified atom stereocenters. The molecule has 0 aliphatic heterocycles. The molecule has 0 bridgehead atoms. The number of nitrogens with one attached hydrogen (secondary N) is 1. The second-order valence-electron chi connectivity index (χ2n) is 4.72. The van der Waals surface area contributed by atoms with Crippen LogP contribution in [0.3, 0.4) is 0 Å². The SMILES string of the molecule is CNC(=O)Cn1cc(CCCC(=O)O)c2ccccc21. The van der Waals surface area contributed by atoms with Crippen molar-refractivity contribution in [3.05, 3.63) is 36.0 Å². The van der Waals surface area contributed by atoms with E-state index >= 15 is 0 Å². The third kappa shape index (κ3) is 3.17. The van der Waals surface area contributed by atoms with Crippen LogP contribution in [0.25, 0.3) is 10.9 Å². The number of fused-ring (bicyclic) bond motifs is 1. The molecule has 0 fully saturated rings. The molecular weight excluding hydrogens is 256 g/mol. The first-order chi connectivity index (χ1) is 9.61. The van der Waals surface area contributed by atoms with Crippen LogP contribution in [0.1, 0.15) is 18.4 Å². The summed E-state index contributed by atoms with van der Waals surface area (Å²) in [4.78, 5) is 22.1. The predicted octanol–water partition coefficient (Wildman–Crippen LogP) is 1.79. The number of benzene rings is 1. The number of carboxylic acids is 1. The Morgan fingerprint density at radius 1 is 1.30 bits per heavy atom. The molecule has 5 nitrogen and oxygen atoms in total. The number of aromatic nitrogens is 1. The summed E-state index contributed by atoms with van der Waals surface area (Å²) in [6.45, 7) is 0.274. The van der Waals surface area contributed by atoms with Gasteiger partial charge in [0, 0.05) is 30.6 Å². The Bertz CT molecular complexity index is 631. The number of carbonyl (C=O) groups is 2. The largest absolute Gasteiger partial charge is 0.481 e. The highest BCUT2D eigenvalue weighted by Gasteiger charge is 2.10. The van der Waals surface area contributed by atoms with E-state index in [1.54, 1.807) is 7.05 Å². The van der Waals surface area contributed by atoms with Crippen LogP contribution in [0.2, 0.25) is 0 Å². The number of amides is 1. The molecule has 1 heterocycles. The zero-order valence-corrected chi connectivity index (χ0v) is 11.4. The zero-order chi connectivity index (χ0) is 14.5. The Morgan fingerprint density at radius 2 is 2.05 bits per heavy atom. The van der Waals surface area contributed by atoms with Gasteiger partial charge in [0.2, 0.25) is 5.91 Å². The maximum absolute atomic E-state index is 11.5. The summed E-state index contributed by atoms with van der Waals surface area (Å²) in [6, 6.07) is 7.86. The standard InChI is InChI=1S/C15H18N2O3/c1-16-14(18)10-17-9-11(5-4-8-15(19)20)12-6-2-3-7-13(12)17/h2-3,6-7,9H,4-5,8,10H2,1H3,(H,16,18)(H,19,20). The first kappa shape index (κ1) is 14.1. The van der Waals surface area contributed by atoms with Crippen molar-refractivity contribution in [2.45, 2.75) is 25.8 Å². The summed E-state index contributed by atoms with van der Waals surface area (Å²) in [7, 11) is 1.61. The van der Waals surface area contributed by atoms with Crippen LogP contribution < -0.4 is 5.32 Å². The van der Waals surface area contributed by atoms with Crippen molar-refractivity contribution in [3.63, 3.8) is 0 Å². The van der Waals surface area contributed by atoms with E-state index < -0.39 is 5.97 Å².